The lowest BCUT2D eigenvalue weighted by atomic mass is 10.00. The van der Waals surface area contributed by atoms with Crippen LogP contribution in [0.4, 0.5) is 0 Å². The molecule has 1 aliphatic rings. The molecule has 2 heterocycles. The highest BCUT2D eigenvalue weighted by atomic mass is 32.1. The van der Waals surface area contributed by atoms with E-state index in [1.807, 2.05) is 10.9 Å². The van der Waals surface area contributed by atoms with Gasteiger partial charge in [0, 0.05) is 38.1 Å². The Morgan fingerprint density at radius 2 is 2.19 bits per heavy atom. The first kappa shape index (κ1) is 14.7. The molecule has 0 bridgehead atoms. The van der Waals surface area contributed by atoms with Gasteiger partial charge in [-0.15, -0.1) is 11.3 Å². The normalized spacial score (nSPS) is 16.6. The van der Waals surface area contributed by atoms with Crippen LogP contribution in [0.3, 0.4) is 0 Å². The molecule has 21 heavy (non-hydrogen) atoms. The maximum atomic E-state index is 10.2. The lowest BCUT2D eigenvalue weighted by Crippen LogP contribution is -2.40. The zero-order chi connectivity index (χ0) is 14.5. The summed E-state index contributed by atoms with van der Waals surface area (Å²) in [5.41, 5.74) is 5.72. The van der Waals surface area contributed by atoms with Gasteiger partial charge in [0.15, 0.2) is 0 Å². The molecule has 0 saturated carbocycles. The molecule has 0 saturated heterocycles. The number of aliphatic hydroxyl groups excluding tert-OH is 1. The number of aliphatic hydroxyl groups is 1. The van der Waals surface area contributed by atoms with Crippen molar-refractivity contribution in [2.24, 2.45) is 0 Å². The van der Waals surface area contributed by atoms with Gasteiger partial charge in [-0.25, -0.2) is 4.98 Å². The largest absolute Gasteiger partial charge is 0.390 e. The predicted molar refractivity (Wildman–Crippen MR) is 85.3 cm³/mol. The van der Waals surface area contributed by atoms with Gasteiger partial charge in [-0.05, 0) is 17.5 Å². The first-order chi connectivity index (χ1) is 10.3. The molecule has 1 aromatic carbocycles. The minimum absolute atomic E-state index is 0.339. The van der Waals surface area contributed by atoms with Gasteiger partial charge in [0.2, 0.25) is 0 Å². The van der Waals surface area contributed by atoms with E-state index in [4.69, 9.17) is 0 Å². The number of benzene rings is 1. The summed E-state index contributed by atoms with van der Waals surface area (Å²) < 4.78 is 0. The fraction of sp³-hybridized carbons (Fsp3) is 0.438. The number of aromatic nitrogens is 1. The van der Waals surface area contributed by atoms with Crippen LogP contribution in [0.5, 0.6) is 0 Å². The van der Waals surface area contributed by atoms with E-state index in [1.165, 1.54) is 11.1 Å². The molecule has 0 radical (unpaired) electrons. The molecule has 5 heteroatoms. The Morgan fingerprint density at radius 3 is 3.00 bits per heavy atom. The van der Waals surface area contributed by atoms with Crippen LogP contribution < -0.4 is 5.32 Å². The van der Waals surface area contributed by atoms with E-state index in [1.54, 1.807) is 11.3 Å². The summed E-state index contributed by atoms with van der Waals surface area (Å²) >= 11 is 1.60. The van der Waals surface area contributed by atoms with Gasteiger partial charge in [0.05, 0.1) is 17.3 Å². The molecule has 0 aliphatic carbocycles. The highest BCUT2D eigenvalue weighted by Crippen LogP contribution is 2.18. The number of thiazole rings is 1. The third-order valence-electron chi connectivity index (χ3n) is 3.85. The first-order valence-electron chi connectivity index (χ1n) is 7.36. The average molecular weight is 303 g/mol. The van der Waals surface area contributed by atoms with Crippen molar-refractivity contribution in [1.29, 1.82) is 0 Å². The summed E-state index contributed by atoms with van der Waals surface area (Å²) in [5.74, 6) is 0. The van der Waals surface area contributed by atoms with Gasteiger partial charge in [-0.2, -0.15) is 0 Å². The summed E-state index contributed by atoms with van der Waals surface area (Å²) in [7, 11) is 0. The van der Waals surface area contributed by atoms with Crippen LogP contribution in [0.25, 0.3) is 0 Å². The Kier molecular flexibility index (Phi) is 4.98. The van der Waals surface area contributed by atoms with E-state index in [9.17, 15) is 5.11 Å². The number of nitrogens with zero attached hydrogens (tertiary/aromatic N) is 2. The fourth-order valence-corrected chi connectivity index (χ4v) is 3.32. The molecule has 0 fully saturated rings. The van der Waals surface area contributed by atoms with Crippen LogP contribution in [-0.4, -0.2) is 40.7 Å². The Bertz CT molecular complexity index is 558. The van der Waals surface area contributed by atoms with Crippen molar-refractivity contribution < 1.29 is 5.11 Å². The zero-order valence-electron chi connectivity index (χ0n) is 12.0. The highest BCUT2D eigenvalue weighted by molar-refractivity contribution is 7.07. The zero-order valence-corrected chi connectivity index (χ0v) is 12.9. The van der Waals surface area contributed by atoms with E-state index in [0.29, 0.717) is 6.54 Å². The van der Waals surface area contributed by atoms with Crippen molar-refractivity contribution in [2.45, 2.75) is 25.6 Å². The molecule has 4 nitrogen and oxygen atoms in total. The summed E-state index contributed by atoms with van der Waals surface area (Å²) in [6.45, 7) is 4.02. The number of nitrogens with one attached hydrogen (secondary N) is 1. The van der Waals surface area contributed by atoms with Gasteiger partial charge < -0.3 is 10.4 Å². The number of rotatable bonds is 6. The van der Waals surface area contributed by atoms with Crippen LogP contribution in [-0.2, 0) is 19.5 Å². The number of fused-ring (bicyclic) bond motifs is 1. The SMILES string of the molecule is OC(CNCc1cscn1)CN1CCc2ccccc2C1. The molecule has 1 unspecified atom stereocenters. The molecule has 0 spiro atoms. The molecule has 3 rings (SSSR count). The Labute approximate surface area is 129 Å². The number of hydrogen-bond acceptors (Lipinski definition) is 5. The molecule has 2 aromatic rings. The number of β-amino-alcohol motifs (C(OH)–C–C–N with tert-alkyl or cyclic N) is 1. The molecular formula is C16H21N3OS. The Balaban J connectivity index is 1.42. The molecule has 1 aliphatic heterocycles. The van der Waals surface area contributed by atoms with Crippen molar-refractivity contribution in [1.82, 2.24) is 15.2 Å². The minimum atomic E-state index is -0.339. The number of hydrogen-bond donors (Lipinski definition) is 2. The third kappa shape index (κ3) is 4.11. The lowest BCUT2D eigenvalue weighted by Gasteiger charge is -2.30. The Hall–Kier alpha value is -1.27. The summed E-state index contributed by atoms with van der Waals surface area (Å²) in [4.78, 5) is 6.55. The van der Waals surface area contributed by atoms with Gasteiger partial charge in [-0.3, -0.25) is 4.90 Å². The second-order valence-corrected chi connectivity index (χ2v) is 6.24. The predicted octanol–water partition coefficient (Wildman–Crippen LogP) is 1.65. The molecule has 0 amide bonds. The average Bonchev–Trinajstić information content (AvgIpc) is 3.00. The second kappa shape index (κ2) is 7.13. The van der Waals surface area contributed by atoms with E-state index in [-0.39, 0.29) is 6.10 Å². The van der Waals surface area contributed by atoms with Crippen molar-refractivity contribution in [3.05, 3.63) is 52.0 Å². The van der Waals surface area contributed by atoms with Crippen LogP contribution in [0.15, 0.2) is 35.2 Å². The first-order valence-corrected chi connectivity index (χ1v) is 8.30. The van der Waals surface area contributed by atoms with Crippen LogP contribution in [0.1, 0.15) is 16.8 Å². The molecule has 2 N–H and O–H groups in total. The smallest absolute Gasteiger partial charge is 0.0795 e. The summed E-state index contributed by atoms with van der Waals surface area (Å²) in [6, 6.07) is 8.59. The second-order valence-electron chi connectivity index (χ2n) is 5.52. The molecule has 1 atom stereocenters. The van der Waals surface area contributed by atoms with Crippen molar-refractivity contribution in [2.75, 3.05) is 19.6 Å². The topological polar surface area (TPSA) is 48.4 Å². The standard InChI is InChI=1S/C16H21N3OS/c20-16(8-17-7-15-11-21-12-18-15)10-19-6-5-13-3-1-2-4-14(13)9-19/h1-4,11-12,16-17,20H,5-10H2. The Morgan fingerprint density at radius 1 is 1.33 bits per heavy atom. The van der Waals surface area contributed by atoms with Crippen LogP contribution in [0, 0.1) is 0 Å². The lowest BCUT2D eigenvalue weighted by molar-refractivity contribution is 0.104. The maximum Gasteiger partial charge on any atom is 0.0795 e. The monoisotopic (exact) mass is 303 g/mol. The molecule has 112 valence electrons. The van der Waals surface area contributed by atoms with Gasteiger partial charge in [0.1, 0.15) is 0 Å². The highest BCUT2D eigenvalue weighted by Gasteiger charge is 2.18. The summed E-state index contributed by atoms with van der Waals surface area (Å²) in [6.07, 6.45) is 0.740. The van der Waals surface area contributed by atoms with E-state index in [2.05, 4.69) is 39.5 Å². The third-order valence-corrected chi connectivity index (χ3v) is 4.48. The van der Waals surface area contributed by atoms with Crippen molar-refractivity contribution in [3.63, 3.8) is 0 Å². The fourth-order valence-electron chi connectivity index (χ4n) is 2.76. The van der Waals surface area contributed by atoms with Gasteiger partial charge in [0.25, 0.3) is 0 Å². The van der Waals surface area contributed by atoms with Crippen LogP contribution in [0.2, 0.25) is 0 Å². The van der Waals surface area contributed by atoms with Gasteiger partial charge >= 0.3 is 0 Å². The van der Waals surface area contributed by atoms with Crippen LogP contribution >= 0.6 is 11.3 Å². The summed E-state index contributed by atoms with van der Waals surface area (Å²) in [5, 5.41) is 15.4. The molecule has 1 aromatic heterocycles. The minimum Gasteiger partial charge on any atom is -0.390 e. The van der Waals surface area contributed by atoms with E-state index < -0.39 is 0 Å². The van der Waals surface area contributed by atoms with Crippen molar-refractivity contribution in [3.8, 4) is 0 Å². The van der Waals surface area contributed by atoms with E-state index >= 15 is 0 Å². The van der Waals surface area contributed by atoms with E-state index in [0.717, 1.165) is 38.3 Å². The van der Waals surface area contributed by atoms with Crippen molar-refractivity contribution >= 4 is 11.3 Å². The van der Waals surface area contributed by atoms with Gasteiger partial charge in [-0.1, -0.05) is 24.3 Å². The quantitative estimate of drug-likeness (QED) is 0.852. The maximum absolute atomic E-state index is 10.2. The molecular weight excluding hydrogens is 282 g/mol.